The van der Waals surface area contributed by atoms with Crippen LogP contribution in [0.15, 0.2) is 35.7 Å². The molecule has 22 heavy (non-hydrogen) atoms. The van der Waals surface area contributed by atoms with Crippen molar-refractivity contribution in [2.45, 2.75) is 19.9 Å². The largest absolute Gasteiger partial charge is 0.493 e. The average Bonchev–Trinajstić information content (AvgIpc) is 2.92. The number of amides is 1. The summed E-state index contributed by atoms with van der Waals surface area (Å²) in [6.07, 6.45) is 0.346. The molecule has 0 saturated heterocycles. The molecule has 0 saturated carbocycles. The molecule has 0 N–H and O–H groups in total. The minimum absolute atomic E-state index is 0.0719. The number of benzene rings is 1. The Bertz CT molecular complexity index is 624. The number of hydrogen-bond acceptors (Lipinski definition) is 4. The van der Waals surface area contributed by atoms with Crippen molar-refractivity contribution in [1.29, 1.82) is 0 Å². The van der Waals surface area contributed by atoms with Crippen molar-refractivity contribution < 1.29 is 14.3 Å². The summed E-state index contributed by atoms with van der Waals surface area (Å²) in [7, 11) is 3.43. The molecule has 5 heteroatoms. The molecule has 118 valence electrons. The Hall–Kier alpha value is -2.01. The van der Waals surface area contributed by atoms with Crippen LogP contribution in [0, 0.1) is 6.92 Å². The van der Waals surface area contributed by atoms with Crippen LogP contribution in [0.25, 0.3) is 0 Å². The number of aryl methyl sites for hydroxylation is 1. The summed E-state index contributed by atoms with van der Waals surface area (Å²) < 4.78 is 10.9. The zero-order valence-electron chi connectivity index (χ0n) is 13.2. The van der Waals surface area contributed by atoms with E-state index in [1.807, 2.05) is 36.7 Å². The molecule has 1 amide bonds. The van der Waals surface area contributed by atoms with E-state index in [9.17, 15) is 4.79 Å². The Kier molecular flexibility index (Phi) is 5.83. The molecular weight excluding hydrogens is 298 g/mol. The maximum Gasteiger partial charge on any atom is 0.226 e. The summed E-state index contributed by atoms with van der Waals surface area (Å²) in [5.41, 5.74) is 1.23. The van der Waals surface area contributed by atoms with Gasteiger partial charge in [0.2, 0.25) is 5.91 Å². The van der Waals surface area contributed by atoms with E-state index in [2.05, 4.69) is 13.0 Å². The summed E-state index contributed by atoms with van der Waals surface area (Å²) in [6, 6.07) is 9.51. The van der Waals surface area contributed by atoms with E-state index in [4.69, 9.17) is 9.47 Å². The number of nitrogens with zero attached hydrogens (tertiary/aromatic N) is 1. The maximum atomic E-state index is 12.1. The van der Waals surface area contributed by atoms with E-state index in [1.165, 1.54) is 10.4 Å². The molecule has 1 aromatic carbocycles. The van der Waals surface area contributed by atoms with Crippen LogP contribution in [-0.2, 0) is 11.3 Å². The van der Waals surface area contributed by atoms with Crippen molar-refractivity contribution in [3.63, 3.8) is 0 Å². The van der Waals surface area contributed by atoms with Gasteiger partial charge in [0.25, 0.3) is 0 Å². The third kappa shape index (κ3) is 4.24. The number of thiophene rings is 1. The number of ether oxygens (including phenoxy) is 2. The Balaban J connectivity index is 1.81. The number of methoxy groups -OCH3 is 1. The summed E-state index contributed by atoms with van der Waals surface area (Å²) in [5, 5.41) is 2.05. The molecule has 4 nitrogen and oxygen atoms in total. The Morgan fingerprint density at radius 2 is 1.95 bits per heavy atom. The highest BCUT2D eigenvalue weighted by Gasteiger charge is 2.12. The smallest absolute Gasteiger partial charge is 0.226 e. The number of carbonyl (C=O) groups excluding carboxylic acids is 1. The fourth-order valence-electron chi connectivity index (χ4n) is 2.05. The lowest BCUT2D eigenvalue weighted by Gasteiger charge is -2.17. The molecule has 0 atom stereocenters. The predicted octanol–water partition coefficient (Wildman–Crippen LogP) is 3.49. The second-order valence-electron chi connectivity index (χ2n) is 5.03. The molecule has 0 bridgehead atoms. The molecule has 0 fully saturated rings. The molecule has 0 aliphatic rings. The van der Waals surface area contributed by atoms with Gasteiger partial charge in [-0.2, -0.15) is 0 Å². The van der Waals surface area contributed by atoms with Gasteiger partial charge in [-0.3, -0.25) is 4.79 Å². The topological polar surface area (TPSA) is 38.8 Å². The highest BCUT2D eigenvalue weighted by Crippen LogP contribution is 2.25. The zero-order chi connectivity index (χ0) is 15.9. The van der Waals surface area contributed by atoms with Crippen molar-refractivity contribution in [3.8, 4) is 11.5 Å². The molecule has 0 spiro atoms. The molecule has 2 aromatic rings. The normalized spacial score (nSPS) is 10.3. The highest BCUT2D eigenvalue weighted by atomic mass is 32.1. The van der Waals surface area contributed by atoms with Gasteiger partial charge in [-0.15, -0.1) is 11.3 Å². The van der Waals surface area contributed by atoms with E-state index >= 15 is 0 Å². The summed E-state index contributed by atoms with van der Waals surface area (Å²) in [5.74, 6) is 1.41. The Morgan fingerprint density at radius 1 is 1.23 bits per heavy atom. The lowest BCUT2D eigenvalue weighted by Crippen LogP contribution is -2.27. The van der Waals surface area contributed by atoms with Gasteiger partial charge in [0.05, 0.1) is 26.7 Å². The van der Waals surface area contributed by atoms with Crippen molar-refractivity contribution in [1.82, 2.24) is 4.90 Å². The van der Waals surface area contributed by atoms with Crippen LogP contribution in [0.1, 0.15) is 16.9 Å². The molecule has 0 aliphatic carbocycles. The number of rotatable bonds is 7. The van der Waals surface area contributed by atoms with Crippen LogP contribution in [-0.4, -0.2) is 31.6 Å². The first-order chi connectivity index (χ1) is 10.6. The van der Waals surface area contributed by atoms with E-state index in [0.29, 0.717) is 31.1 Å². The molecule has 0 aliphatic heterocycles. The molecule has 1 aromatic heterocycles. The number of para-hydroxylation sites is 2. The molecule has 0 radical (unpaired) electrons. The van der Waals surface area contributed by atoms with Gasteiger partial charge in [-0.05, 0) is 36.1 Å². The van der Waals surface area contributed by atoms with Crippen molar-refractivity contribution in [2.75, 3.05) is 20.8 Å². The SMILES string of the molecule is COc1ccccc1OCCC(=O)N(C)Cc1sccc1C. The summed E-state index contributed by atoms with van der Waals surface area (Å²) in [6.45, 7) is 3.05. The minimum atomic E-state index is 0.0719. The molecule has 0 unspecified atom stereocenters. The lowest BCUT2D eigenvalue weighted by atomic mass is 10.2. The van der Waals surface area contributed by atoms with Gasteiger partial charge in [0, 0.05) is 11.9 Å². The van der Waals surface area contributed by atoms with Crippen molar-refractivity contribution in [3.05, 3.63) is 46.2 Å². The highest BCUT2D eigenvalue weighted by molar-refractivity contribution is 7.10. The predicted molar refractivity (Wildman–Crippen MR) is 88.6 cm³/mol. The van der Waals surface area contributed by atoms with Crippen LogP contribution in [0.2, 0.25) is 0 Å². The number of hydrogen-bond donors (Lipinski definition) is 0. The average molecular weight is 319 g/mol. The first kappa shape index (κ1) is 16.4. The van der Waals surface area contributed by atoms with E-state index in [1.54, 1.807) is 23.3 Å². The van der Waals surface area contributed by atoms with E-state index in [0.717, 1.165) is 0 Å². The van der Waals surface area contributed by atoms with Gasteiger partial charge < -0.3 is 14.4 Å². The molecule has 1 heterocycles. The summed E-state index contributed by atoms with van der Waals surface area (Å²) >= 11 is 1.68. The molecular formula is C17H21NO3S. The lowest BCUT2D eigenvalue weighted by molar-refractivity contribution is -0.130. The molecule has 2 rings (SSSR count). The van der Waals surface area contributed by atoms with Crippen LogP contribution in [0.5, 0.6) is 11.5 Å². The van der Waals surface area contributed by atoms with Crippen LogP contribution in [0.3, 0.4) is 0 Å². The van der Waals surface area contributed by atoms with Gasteiger partial charge in [0.15, 0.2) is 11.5 Å². The van der Waals surface area contributed by atoms with Crippen molar-refractivity contribution in [2.24, 2.45) is 0 Å². The van der Waals surface area contributed by atoms with Gasteiger partial charge >= 0.3 is 0 Å². The fourth-order valence-corrected chi connectivity index (χ4v) is 3.01. The van der Waals surface area contributed by atoms with Crippen LogP contribution < -0.4 is 9.47 Å². The maximum absolute atomic E-state index is 12.1. The zero-order valence-corrected chi connectivity index (χ0v) is 14.0. The standard InChI is InChI=1S/C17H21NO3S/c1-13-9-11-22-16(13)12-18(2)17(19)8-10-21-15-7-5-4-6-14(15)20-3/h4-7,9,11H,8,10,12H2,1-3H3. The third-order valence-corrected chi connectivity index (χ3v) is 4.43. The van der Waals surface area contributed by atoms with Crippen LogP contribution in [0.4, 0.5) is 0 Å². The number of carbonyl (C=O) groups is 1. The van der Waals surface area contributed by atoms with Gasteiger partial charge in [-0.1, -0.05) is 12.1 Å². The Morgan fingerprint density at radius 3 is 2.59 bits per heavy atom. The van der Waals surface area contributed by atoms with Crippen LogP contribution >= 0.6 is 11.3 Å². The Labute approximate surface area is 135 Å². The second kappa shape index (κ2) is 7.84. The van der Waals surface area contributed by atoms with E-state index < -0.39 is 0 Å². The fraction of sp³-hybridized carbons (Fsp3) is 0.353. The second-order valence-corrected chi connectivity index (χ2v) is 6.03. The third-order valence-electron chi connectivity index (χ3n) is 3.42. The first-order valence-corrected chi connectivity index (χ1v) is 8.02. The minimum Gasteiger partial charge on any atom is -0.493 e. The monoisotopic (exact) mass is 319 g/mol. The first-order valence-electron chi connectivity index (χ1n) is 7.14. The van der Waals surface area contributed by atoms with Gasteiger partial charge in [-0.25, -0.2) is 0 Å². The van der Waals surface area contributed by atoms with Gasteiger partial charge in [0.1, 0.15) is 0 Å². The van der Waals surface area contributed by atoms with E-state index in [-0.39, 0.29) is 5.91 Å². The van der Waals surface area contributed by atoms with Crippen molar-refractivity contribution >= 4 is 17.2 Å². The summed E-state index contributed by atoms with van der Waals surface area (Å²) in [4.78, 5) is 15.1. The quantitative estimate of drug-likeness (QED) is 0.784.